The molecule has 2 atom stereocenters. The number of nitrogens with zero attached hydrogens (tertiary/aromatic N) is 7. The zero-order valence-corrected chi connectivity index (χ0v) is 56.1. The summed E-state index contributed by atoms with van der Waals surface area (Å²) in [5.41, 5.74) is 0.516. The summed E-state index contributed by atoms with van der Waals surface area (Å²) in [5, 5.41) is 14.7. The minimum atomic E-state index is -5.15. The molecule has 5 amide bonds. The Balaban J connectivity index is 0.626. The number of benzene rings is 5. The maximum atomic E-state index is 14.3. The molecule has 24 heteroatoms. The van der Waals surface area contributed by atoms with Crippen molar-refractivity contribution in [3.05, 3.63) is 177 Å². The normalized spacial score (nSPS) is 18.3. The minimum Gasteiger partial charge on any atom is -0.465 e. The Morgan fingerprint density at radius 2 is 1.35 bits per heavy atom. The van der Waals surface area contributed by atoms with Gasteiger partial charge >= 0.3 is 18.4 Å². The number of ether oxygens (including phenoxy) is 2. The molecule has 1 aliphatic carbocycles. The van der Waals surface area contributed by atoms with Crippen LogP contribution in [0.15, 0.2) is 127 Å². The number of piperidine rings is 2. The third-order valence-electron chi connectivity index (χ3n) is 19.8. The van der Waals surface area contributed by atoms with Gasteiger partial charge in [0.1, 0.15) is 24.8 Å². The van der Waals surface area contributed by atoms with Crippen molar-refractivity contribution in [2.75, 3.05) is 117 Å². The second-order valence-corrected chi connectivity index (χ2v) is 27.2. The van der Waals surface area contributed by atoms with E-state index in [1.807, 2.05) is 86.8 Å². The van der Waals surface area contributed by atoms with Crippen LogP contribution in [0.1, 0.15) is 118 Å². The first kappa shape index (κ1) is 71.9. The standard InChI is InChI=1S/C73H85F7N8O8S/c1-50-42-63(81-32-14-6-9-22-64(89)83(3)40-41-85-35-27-58(28-36-85)88(69(93)94)61-21-13-11-19-59(61)51-16-7-5-8-17-51)97-66(50)68(92)84(4)34-15-33-82(2)65(90)47-95-62-45-52-18-10-12-20-60(52)70(62)29-37-86(38-30-70)39-31-71(54-23-25-57(74)26-24-54)48-87(49-96-71)67(91)53-43-55(72(75,76)77)46-56(44-53)73(78,79)80/h5,7-8,10-13,16-21,23-26,42-44,46,58,62,81H,6,9,14-15,22,27-41,45,47-49H2,1-4H3,(H,93,94)/t62-,71-/m0/s1. The highest BCUT2D eigenvalue weighted by molar-refractivity contribution is 7.18. The predicted octanol–water partition coefficient (Wildman–Crippen LogP) is 13.3. The first-order valence-corrected chi connectivity index (χ1v) is 34.0. The number of halogens is 7. The van der Waals surface area contributed by atoms with Crippen LogP contribution in [0.25, 0.3) is 11.1 Å². The van der Waals surface area contributed by atoms with Gasteiger partial charge in [0.2, 0.25) is 11.8 Å². The van der Waals surface area contributed by atoms with Crippen LogP contribution in [-0.2, 0) is 48.9 Å². The summed E-state index contributed by atoms with van der Waals surface area (Å²) in [5.74, 6) is -1.81. The summed E-state index contributed by atoms with van der Waals surface area (Å²) in [4.78, 5) is 79.8. The Bertz CT molecular complexity index is 3680. The molecule has 2 N–H and O–H groups in total. The van der Waals surface area contributed by atoms with Crippen LogP contribution in [0.4, 0.5) is 46.2 Å². The second kappa shape index (κ2) is 31.3. The number of carbonyl (C=O) groups is 5. The lowest BCUT2D eigenvalue weighted by molar-refractivity contribution is -0.143. The fourth-order valence-electron chi connectivity index (χ4n) is 14.1. The number of likely N-dealkylation sites (tertiary alicyclic amines) is 2. The number of likely N-dealkylation sites (N-methyl/N-ethyl adjacent to an activating group) is 2. The zero-order chi connectivity index (χ0) is 69.2. The highest BCUT2D eigenvalue weighted by Gasteiger charge is 2.50. The summed E-state index contributed by atoms with van der Waals surface area (Å²) in [6, 6.07) is 33.7. The minimum absolute atomic E-state index is 0.0288. The number of carboxylic acid groups (broad SMARTS) is 1. The molecule has 4 aliphatic rings. The number of hydrogen-bond donors (Lipinski definition) is 2. The van der Waals surface area contributed by atoms with Gasteiger partial charge in [0.25, 0.3) is 11.8 Å². The first-order chi connectivity index (χ1) is 46.3. The lowest BCUT2D eigenvalue weighted by Gasteiger charge is -2.44. The number of rotatable bonds is 26. The van der Waals surface area contributed by atoms with Crippen molar-refractivity contribution in [2.45, 2.75) is 113 Å². The molecule has 16 nitrogen and oxygen atoms in total. The number of carbonyl (C=O) groups excluding carboxylic acids is 4. The number of aryl methyl sites for hydroxylation is 1. The molecular weight excluding hydrogens is 1280 g/mol. The third-order valence-corrected chi connectivity index (χ3v) is 21.0. The van der Waals surface area contributed by atoms with E-state index in [9.17, 15) is 59.8 Å². The molecule has 0 saturated carbocycles. The van der Waals surface area contributed by atoms with Crippen molar-refractivity contribution in [3.63, 3.8) is 0 Å². The number of unbranched alkanes of at least 4 members (excludes halogenated alkanes) is 2. The Kier molecular flexibility index (Phi) is 23.2. The molecule has 3 fully saturated rings. The summed E-state index contributed by atoms with van der Waals surface area (Å²) in [6.45, 7) is 7.05. The van der Waals surface area contributed by atoms with Crippen LogP contribution in [0.5, 0.6) is 0 Å². The lowest BCUT2D eigenvalue weighted by atomic mass is 9.72. The van der Waals surface area contributed by atoms with Gasteiger partial charge in [0.15, 0.2) is 0 Å². The molecule has 0 radical (unpaired) electrons. The molecule has 0 bridgehead atoms. The Morgan fingerprint density at radius 1 is 0.711 bits per heavy atom. The molecule has 0 unspecified atom stereocenters. The molecule has 6 aromatic rings. The van der Waals surface area contributed by atoms with E-state index in [1.54, 1.807) is 28.8 Å². The highest BCUT2D eigenvalue weighted by atomic mass is 32.1. The van der Waals surface area contributed by atoms with Gasteiger partial charge in [-0.05, 0) is 148 Å². The van der Waals surface area contributed by atoms with Crippen LogP contribution < -0.4 is 10.2 Å². The van der Waals surface area contributed by atoms with Gasteiger partial charge in [0.05, 0.1) is 39.3 Å². The molecule has 5 aromatic carbocycles. The number of hydrogen-bond acceptors (Lipinski definition) is 11. The van der Waals surface area contributed by atoms with E-state index >= 15 is 0 Å². The van der Waals surface area contributed by atoms with Gasteiger partial charge in [-0.2, -0.15) is 26.3 Å². The largest absolute Gasteiger partial charge is 0.465 e. The van der Waals surface area contributed by atoms with Crippen molar-refractivity contribution in [2.24, 2.45) is 0 Å². The molecule has 3 aliphatic heterocycles. The Labute approximate surface area is 565 Å². The van der Waals surface area contributed by atoms with Crippen LogP contribution in [-0.4, -0.2) is 183 Å². The number of amides is 5. The topological polar surface area (TPSA) is 159 Å². The molecule has 1 spiro atoms. The maximum absolute atomic E-state index is 14.3. The second-order valence-electron chi connectivity index (χ2n) is 26.2. The number of para-hydroxylation sites is 1. The molecule has 3 saturated heterocycles. The lowest BCUT2D eigenvalue weighted by Crippen LogP contribution is -2.50. The first-order valence-electron chi connectivity index (χ1n) is 33.2. The predicted molar refractivity (Wildman–Crippen MR) is 358 cm³/mol. The SMILES string of the molecule is Cc1cc(NCCCCCC(=O)N(C)CCN2CCC(N(C(=O)O)c3ccccc3-c3ccccc3)CC2)sc1C(=O)N(C)CCCN(C)C(=O)CO[C@H]1Cc2ccccc2C12CCN(CC[C@@]1(c3ccc(F)cc3)CN(C(=O)c3cc(C(F)(F)F)cc(C(F)(F)F)c3)CO1)CC2. The summed E-state index contributed by atoms with van der Waals surface area (Å²) >= 11 is 1.41. The molecule has 4 heterocycles. The maximum Gasteiger partial charge on any atom is 0.416 e. The number of anilines is 2. The van der Waals surface area contributed by atoms with Crippen LogP contribution in [0.3, 0.4) is 0 Å². The number of alkyl halides is 6. The molecule has 97 heavy (non-hydrogen) atoms. The molecule has 1 aromatic heterocycles. The van der Waals surface area contributed by atoms with Gasteiger partial charge < -0.3 is 49.3 Å². The summed E-state index contributed by atoms with van der Waals surface area (Å²) in [7, 11) is 5.32. The van der Waals surface area contributed by atoms with E-state index in [1.165, 1.54) is 40.5 Å². The molecule has 520 valence electrons. The quantitative estimate of drug-likeness (QED) is 0.0393. The van der Waals surface area contributed by atoms with Crippen molar-refractivity contribution >= 4 is 51.7 Å². The zero-order valence-electron chi connectivity index (χ0n) is 55.2. The molecular formula is C73H85F7N8O8S. The van der Waals surface area contributed by atoms with Crippen molar-refractivity contribution < 1.29 is 69.3 Å². The molecule has 10 rings (SSSR count). The average Bonchev–Trinajstić information content (AvgIpc) is 1.62. The van der Waals surface area contributed by atoms with Crippen LogP contribution in [0, 0.1) is 12.7 Å². The fourth-order valence-corrected chi connectivity index (χ4v) is 15.2. The van der Waals surface area contributed by atoms with E-state index in [-0.39, 0.29) is 55.5 Å². The van der Waals surface area contributed by atoms with Crippen molar-refractivity contribution in [1.82, 2.24) is 29.4 Å². The number of fused-ring (bicyclic) bond motifs is 2. The smallest absolute Gasteiger partial charge is 0.416 e. The van der Waals surface area contributed by atoms with Gasteiger partial charge in [-0.1, -0.05) is 91.3 Å². The van der Waals surface area contributed by atoms with E-state index in [0.717, 1.165) is 76.6 Å². The van der Waals surface area contributed by atoms with Gasteiger partial charge in [-0.25, -0.2) is 9.18 Å². The fraction of sp³-hybridized carbons (Fsp3) is 0.466. The van der Waals surface area contributed by atoms with Crippen LogP contribution in [0.2, 0.25) is 0 Å². The van der Waals surface area contributed by atoms with Crippen molar-refractivity contribution in [1.29, 1.82) is 0 Å². The van der Waals surface area contributed by atoms with Gasteiger partial charge in [-0.3, -0.25) is 24.1 Å². The van der Waals surface area contributed by atoms with Crippen LogP contribution >= 0.6 is 11.3 Å². The highest BCUT2D eigenvalue weighted by Crippen LogP contribution is 2.49. The monoisotopic (exact) mass is 1370 g/mol. The summed E-state index contributed by atoms with van der Waals surface area (Å²) in [6.07, 6.45) is -4.52. The average molecular weight is 1370 g/mol. The van der Waals surface area contributed by atoms with Gasteiger partial charge in [0, 0.05) is 103 Å². The van der Waals surface area contributed by atoms with Gasteiger partial charge in [-0.15, -0.1) is 11.3 Å². The summed E-state index contributed by atoms with van der Waals surface area (Å²) < 4.78 is 110. The third kappa shape index (κ3) is 17.3. The van der Waals surface area contributed by atoms with E-state index in [2.05, 4.69) is 27.2 Å². The van der Waals surface area contributed by atoms with E-state index in [0.29, 0.717) is 119 Å². The van der Waals surface area contributed by atoms with E-state index in [4.69, 9.17) is 9.47 Å². The number of nitrogens with one attached hydrogen (secondary N) is 1. The Morgan fingerprint density at radius 3 is 2.04 bits per heavy atom. The van der Waals surface area contributed by atoms with Crippen molar-refractivity contribution in [3.8, 4) is 11.1 Å². The Hall–Kier alpha value is -7.90. The number of thiophene rings is 1. The van der Waals surface area contributed by atoms with E-state index < -0.39 is 64.6 Å².